The van der Waals surface area contributed by atoms with E-state index in [-0.39, 0.29) is 5.92 Å². The van der Waals surface area contributed by atoms with E-state index >= 15 is 0 Å². The summed E-state index contributed by atoms with van der Waals surface area (Å²) in [7, 11) is 0. The van der Waals surface area contributed by atoms with Gasteiger partial charge in [-0.3, -0.25) is 9.89 Å². The van der Waals surface area contributed by atoms with Crippen molar-refractivity contribution < 1.29 is 9.90 Å². The van der Waals surface area contributed by atoms with Crippen molar-refractivity contribution in [2.75, 3.05) is 0 Å². The van der Waals surface area contributed by atoms with Gasteiger partial charge in [-0.05, 0) is 6.92 Å². The fourth-order valence-electron chi connectivity index (χ4n) is 2.26. The molecule has 7 heteroatoms. The number of aliphatic carboxylic acids is 1. The van der Waals surface area contributed by atoms with E-state index in [1.54, 1.807) is 19.3 Å². The monoisotopic (exact) mass is 262 g/mol. The van der Waals surface area contributed by atoms with Crippen LogP contribution < -0.4 is 0 Å². The van der Waals surface area contributed by atoms with E-state index in [4.69, 9.17) is 0 Å². The summed E-state index contributed by atoms with van der Waals surface area (Å²) in [5.41, 5.74) is 1.36. The number of carboxylic acids is 1. The molecule has 3 heterocycles. The van der Waals surface area contributed by atoms with Crippen LogP contribution in [0, 0.1) is 5.92 Å². The molecule has 2 atom stereocenters. The third kappa shape index (κ3) is 1.55. The first kappa shape index (κ1) is 11.1. The predicted octanol–water partition coefficient (Wildman–Crippen LogP) is 1.80. The molecule has 0 aliphatic carbocycles. The lowest BCUT2D eigenvalue weighted by molar-refractivity contribution is -0.139. The first-order chi connectivity index (χ1) is 8.68. The number of rotatable bonds is 2. The van der Waals surface area contributed by atoms with Gasteiger partial charge >= 0.3 is 5.97 Å². The second kappa shape index (κ2) is 4.02. The minimum atomic E-state index is -0.886. The maximum Gasteiger partial charge on any atom is 0.313 e. The standard InChI is InChI=1S/C11H10N4O2S/c1-5-7(11(16)17)8(10-12-2-3-18-10)6-4-13-15-9(6)14-5/h2-4,7-8H,1H3,(H,13,15)(H,16,17). The van der Waals surface area contributed by atoms with Crippen molar-refractivity contribution in [2.24, 2.45) is 10.9 Å². The SMILES string of the molecule is CC1=Nc2[nH]ncc2C(c2nccs2)C1C(=O)O. The smallest absolute Gasteiger partial charge is 0.313 e. The molecule has 0 amide bonds. The Balaban J connectivity index is 2.19. The van der Waals surface area contributed by atoms with Crippen LogP contribution in [-0.4, -0.2) is 32.0 Å². The minimum Gasteiger partial charge on any atom is -0.481 e. The van der Waals surface area contributed by atoms with Gasteiger partial charge < -0.3 is 5.11 Å². The Bertz CT molecular complexity index is 617. The molecular formula is C11H10N4O2S. The summed E-state index contributed by atoms with van der Waals surface area (Å²) in [5, 5.41) is 18.8. The number of carboxylic acid groups (broad SMARTS) is 1. The molecule has 92 valence electrons. The van der Waals surface area contributed by atoms with Crippen LogP contribution in [0.5, 0.6) is 0 Å². The zero-order valence-electron chi connectivity index (χ0n) is 9.49. The summed E-state index contributed by atoms with van der Waals surface area (Å²) in [4.78, 5) is 20.0. The third-order valence-electron chi connectivity index (χ3n) is 3.04. The Labute approximate surface area is 106 Å². The van der Waals surface area contributed by atoms with Crippen LogP contribution in [0.15, 0.2) is 22.8 Å². The molecule has 2 aromatic heterocycles. The molecule has 18 heavy (non-hydrogen) atoms. The molecule has 0 saturated heterocycles. The molecule has 2 aromatic rings. The highest BCUT2D eigenvalue weighted by Crippen LogP contribution is 2.41. The maximum atomic E-state index is 11.5. The first-order valence-electron chi connectivity index (χ1n) is 5.39. The molecule has 0 bridgehead atoms. The number of nitrogens with zero attached hydrogens (tertiary/aromatic N) is 3. The van der Waals surface area contributed by atoms with Crippen LogP contribution in [0.25, 0.3) is 0 Å². The van der Waals surface area contributed by atoms with E-state index in [0.717, 1.165) is 10.6 Å². The van der Waals surface area contributed by atoms with Crippen LogP contribution in [-0.2, 0) is 4.79 Å². The van der Waals surface area contributed by atoms with E-state index in [1.807, 2.05) is 5.38 Å². The zero-order chi connectivity index (χ0) is 12.7. The molecule has 2 unspecified atom stereocenters. The molecule has 0 aromatic carbocycles. The summed E-state index contributed by atoms with van der Waals surface area (Å²) < 4.78 is 0. The van der Waals surface area contributed by atoms with Gasteiger partial charge in [-0.15, -0.1) is 11.3 Å². The molecule has 6 nitrogen and oxygen atoms in total. The molecule has 0 fully saturated rings. The van der Waals surface area contributed by atoms with Gasteiger partial charge in [0, 0.05) is 22.9 Å². The van der Waals surface area contributed by atoms with Crippen LogP contribution in [0.2, 0.25) is 0 Å². The quantitative estimate of drug-likeness (QED) is 0.863. The number of H-pyrrole nitrogens is 1. The van der Waals surface area contributed by atoms with Crippen LogP contribution in [0.3, 0.4) is 0 Å². The number of aromatic amines is 1. The van der Waals surface area contributed by atoms with Crippen molar-refractivity contribution in [1.29, 1.82) is 0 Å². The maximum absolute atomic E-state index is 11.5. The van der Waals surface area contributed by atoms with E-state index < -0.39 is 11.9 Å². The summed E-state index contributed by atoms with van der Waals surface area (Å²) in [6.07, 6.45) is 3.31. The first-order valence-corrected chi connectivity index (χ1v) is 6.27. The van der Waals surface area contributed by atoms with Crippen molar-refractivity contribution in [3.05, 3.63) is 28.3 Å². The van der Waals surface area contributed by atoms with Gasteiger partial charge in [0.25, 0.3) is 0 Å². The number of nitrogens with one attached hydrogen (secondary N) is 1. The lowest BCUT2D eigenvalue weighted by Gasteiger charge is -2.25. The van der Waals surface area contributed by atoms with Gasteiger partial charge in [0.1, 0.15) is 10.9 Å². The Morgan fingerprint density at radius 2 is 2.39 bits per heavy atom. The average molecular weight is 262 g/mol. The number of aromatic nitrogens is 3. The molecule has 1 aliphatic rings. The molecular weight excluding hydrogens is 252 g/mol. The van der Waals surface area contributed by atoms with Gasteiger partial charge in [0.15, 0.2) is 5.82 Å². The van der Waals surface area contributed by atoms with Gasteiger partial charge in [-0.1, -0.05) is 0 Å². The predicted molar refractivity (Wildman–Crippen MR) is 66.4 cm³/mol. The second-order valence-electron chi connectivity index (χ2n) is 4.09. The zero-order valence-corrected chi connectivity index (χ0v) is 10.3. The normalized spacial score (nSPS) is 22.4. The number of hydrogen-bond acceptors (Lipinski definition) is 5. The molecule has 3 rings (SSSR count). The Morgan fingerprint density at radius 3 is 3.06 bits per heavy atom. The van der Waals surface area contributed by atoms with Crippen molar-refractivity contribution in [3.8, 4) is 0 Å². The van der Waals surface area contributed by atoms with Crippen molar-refractivity contribution in [2.45, 2.75) is 12.8 Å². The highest BCUT2D eigenvalue weighted by Gasteiger charge is 2.39. The number of hydrogen-bond donors (Lipinski definition) is 2. The summed E-state index contributed by atoms with van der Waals surface area (Å²) in [6.45, 7) is 1.73. The second-order valence-corrected chi connectivity index (χ2v) is 5.02. The molecule has 1 aliphatic heterocycles. The molecule has 0 radical (unpaired) electrons. The minimum absolute atomic E-state index is 0.311. The van der Waals surface area contributed by atoms with E-state index in [9.17, 15) is 9.90 Å². The highest BCUT2D eigenvalue weighted by atomic mass is 32.1. The van der Waals surface area contributed by atoms with Gasteiger partial charge in [0.05, 0.1) is 12.1 Å². The number of carbonyl (C=O) groups is 1. The van der Waals surface area contributed by atoms with E-state index in [1.165, 1.54) is 11.3 Å². The van der Waals surface area contributed by atoms with Crippen molar-refractivity contribution in [1.82, 2.24) is 15.2 Å². The Hall–Kier alpha value is -2.02. The molecule has 0 saturated carbocycles. The fraction of sp³-hybridized carbons (Fsp3) is 0.273. The number of thiazole rings is 1. The lowest BCUT2D eigenvalue weighted by atomic mass is 9.82. The van der Waals surface area contributed by atoms with E-state index in [0.29, 0.717) is 11.5 Å². The van der Waals surface area contributed by atoms with Gasteiger partial charge in [-0.2, -0.15) is 5.10 Å². The van der Waals surface area contributed by atoms with E-state index in [2.05, 4.69) is 20.2 Å². The largest absolute Gasteiger partial charge is 0.481 e. The van der Waals surface area contributed by atoms with Gasteiger partial charge in [0.2, 0.25) is 0 Å². The average Bonchev–Trinajstić information content (AvgIpc) is 2.96. The fourth-order valence-corrected chi connectivity index (χ4v) is 3.05. The van der Waals surface area contributed by atoms with Crippen LogP contribution in [0.1, 0.15) is 23.4 Å². The number of aliphatic imine (C=N–C) groups is 1. The Morgan fingerprint density at radius 1 is 1.56 bits per heavy atom. The van der Waals surface area contributed by atoms with Crippen LogP contribution in [0.4, 0.5) is 5.82 Å². The van der Waals surface area contributed by atoms with Crippen LogP contribution >= 0.6 is 11.3 Å². The summed E-state index contributed by atoms with van der Waals surface area (Å²) >= 11 is 1.45. The molecule has 0 spiro atoms. The lowest BCUT2D eigenvalue weighted by Crippen LogP contribution is -2.31. The Kier molecular flexibility index (Phi) is 2.48. The highest BCUT2D eigenvalue weighted by molar-refractivity contribution is 7.09. The topological polar surface area (TPSA) is 91.2 Å². The number of fused-ring (bicyclic) bond motifs is 1. The third-order valence-corrected chi connectivity index (χ3v) is 3.90. The van der Waals surface area contributed by atoms with Gasteiger partial charge in [-0.25, -0.2) is 9.98 Å². The summed E-state index contributed by atoms with van der Waals surface area (Å²) in [5.74, 6) is -1.25. The van der Waals surface area contributed by atoms with Crippen molar-refractivity contribution in [3.63, 3.8) is 0 Å². The summed E-state index contributed by atoms with van der Waals surface area (Å²) in [6, 6.07) is 0. The van der Waals surface area contributed by atoms with Crippen molar-refractivity contribution >= 4 is 28.8 Å². The molecule has 2 N–H and O–H groups in total.